The van der Waals surface area contributed by atoms with Gasteiger partial charge < -0.3 is 0 Å². The zero-order chi connectivity index (χ0) is 16.5. The van der Waals surface area contributed by atoms with E-state index in [2.05, 4.69) is 0 Å². The molecular weight excluding hydrogens is 296 g/mol. The molecule has 0 bridgehead atoms. The van der Waals surface area contributed by atoms with E-state index in [-0.39, 0.29) is 23.8 Å². The van der Waals surface area contributed by atoms with Gasteiger partial charge in [0.1, 0.15) is 5.78 Å². The third-order valence-corrected chi connectivity index (χ3v) is 4.64. The van der Waals surface area contributed by atoms with Crippen LogP contribution >= 0.6 is 11.8 Å². The lowest BCUT2D eigenvalue weighted by molar-refractivity contribution is -0.125. The van der Waals surface area contributed by atoms with E-state index in [0.29, 0.717) is 27.4 Å². The molecule has 3 nitrogen and oxygen atoms in total. The van der Waals surface area contributed by atoms with Crippen molar-refractivity contribution in [2.45, 2.75) is 34.1 Å². The average Bonchev–Trinajstić information content (AvgIpc) is 2.47. The first kappa shape index (κ1) is 16.7. The van der Waals surface area contributed by atoms with Crippen molar-refractivity contribution in [2.24, 2.45) is 5.41 Å². The van der Waals surface area contributed by atoms with Crippen LogP contribution in [-0.2, 0) is 4.79 Å². The second-order valence-electron chi connectivity index (χ2n) is 6.29. The van der Waals surface area contributed by atoms with Crippen molar-refractivity contribution in [3.8, 4) is 0 Å². The van der Waals surface area contributed by atoms with E-state index in [1.165, 1.54) is 11.8 Å². The second kappa shape index (κ2) is 6.21. The lowest BCUT2D eigenvalue weighted by atomic mass is 9.82. The van der Waals surface area contributed by atoms with Crippen LogP contribution in [0, 0.1) is 5.41 Å². The maximum Gasteiger partial charge on any atom is 0.200 e. The second-order valence-corrected chi connectivity index (χ2v) is 7.57. The highest BCUT2D eigenvalue weighted by atomic mass is 32.2. The number of rotatable bonds is 4. The van der Waals surface area contributed by atoms with Crippen LogP contribution in [0.2, 0.25) is 0 Å². The molecular formula is C18H20O3S. The Labute approximate surface area is 135 Å². The first-order valence-electron chi connectivity index (χ1n) is 7.35. The Kier molecular flexibility index (Phi) is 4.71. The van der Waals surface area contributed by atoms with Crippen LogP contribution in [0.15, 0.2) is 34.7 Å². The predicted octanol–water partition coefficient (Wildman–Crippen LogP) is 4.08. The summed E-state index contributed by atoms with van der Waals surface area (Å²) in [4.78, 5) is 38.2. The number of Topliss-reactive ketones (excluding diaryl/α,β-unsaturated/α-hetero) is 3. The molecule has 2 rings (SSSR count). The van der Waals surface area contributed by atoms with E-state index in [0.717, 1.165) is 0 Å². The van der Waals surface area contributed by atoms with Gasteiger partial charge in [-0.1, -0.05) is 52.0 Å². The summed E-state index contributed by atoms with van der Waals surface area (Å²) < 4.78 is 0. The summed E-state index contributed by atoms with van der Waals surface area (Å²) in [6.45, 7) is 7.40. The quantitative estimate of drug-likeness (QED) is 0.840. The third-order valence-electron chi connectivity index (χ3n) is 3.63. The molecule has 1 aliphatic rings. The van der Waals surface area contributed by atoms with Gasteiger partial charge in [0.2, 0.25) is 5.78 Å². The predicted molar refractivity (Wildman–Crippen MR) is 89.3 cm³/mol. The average molecular weight is 316 g/mol. The molecule has 0 atom stereocenters. The van der Waals surface area contributed by atoms with Crippen molar-refractivity contribution in [3.05, 3.63) is 45.9 Å². The van der Waals surface area contributed by atoms with Crippen molar-refractivity contribution in [1.82, 2.24) is 0 Å². The van der Waals surface area contributed by atoms with Crippen molar-refractivity contribution in [1.29, 1.82) is 0 Å². The van der Waals surface area contributed by atoms with Crippen molar-refractivity contribution >= 4 is 29.1 Å². The van der Waals surface area contributed by atoms with Crippen LogP contribution in [0.3, 0.4) is 0 Å². The lowest BCUT2D eigenvalue weighted by Crippen LogP contribution is -2.26. The number of benzene rings is 1. The molecule has 0 heterocycles. The highest BCUT2D eigenvalue weighted by Gasteiger charge is 2.34. The van der Waals surface area contributed by atoms with E-state index in [4.69, 9.17) is 0 Å². The molecule has 1 aliphatic carbocycles. The maximum absolute atomic E-state index is 12.7. The fourth-order valence-corrected chi connectivity index (χ4v) is 3.16. The first-order chi connectivity index (χ1) is 10.3. The zero-order valence-corrected chi connectivity index (χ0v) is 14.2. The van der Waals surface area contributed by atoms with Crippen LogP contribution < -0.4 is 0 Å². The molecule has 0 fully saturated rings. The SMILES string of the molecule is CCSC1=C(CC(=O)C(C)(C)C)C(=O)c2ccccc2C1=O. The van der Waals surface area contributed by atoms with Crippen molar-refractivity contribution in [3.63, 3.8) is 0 Å². The minimum absolute atomic E-state index is 0.0186. The molecule has 0 saturated carbocycles. The van der Waals surface area contributed by atoms with Crippen LogP contribution in [0.4, 0.5) is 0 Å². The normalized spacial score (nSPS) is 15.1. The van der Waals surface area contributed by atoms with E-state index < -0.39 is 5.41 Å². The molecule has 22 heavy (non-hydrogen) atoms. The smallest absolute Gasteiger partial charge is 0.200 e. The largest absolute Gasteiger partial charge is 0.299 e. The molecule has 0 saturated heterocycles. The first-order valence-corrected chi connectivity index (χ1v) is 8.33. The number of carbonyl (C=O) groups is 3. The molecule has 0 aliphatic heterocycles. The van der Waals surface area contributed by atoms with Gasteiger partial charge in [-0.15, -0.1) is 11.8 Å². The van der Waals surface area contributed by atoms with Gasteiger partial charge in [-0.05, 0) is 5.75 Å². The summed E-state index contributed by atoms with van der Waals surface area (Å²) in [6, 6.07) is 6.83. The van der Waals surface area contributed by atoms with Gasteiger partial charge in [0.05, 0.1) is 4.91 Å². The molecule has 4 heteroatoms. The Balaban J connectivity index is 2.51. The molecule has 0 amide bonds. The minimum Gasteiger partial charge on any atom is -0.299 e. The summed E-state index contributed by atoms with van der Waals surface area (Å²) in [5, 5.41) is 0. The molecule has 0 aromatic heterocycles. The van der Waals surface area contributed by atoms with Crippen LogP contribution in [0.25, 0.3) is 0 Å². The van der Waals surface area contributed by atoms with E-state index >= 15 is 0 Å². The standard InChI is InChI=1S/C18H20O3S/c1-5-22-17-13(10-14(19)18(2,3)4)15(20)11-8-6-7-9-12(11)16(17)21/h6-9H,5,10H2,1-4H3. The number of hydrogen-bond donors (Lipinski definition) is 0. The van der Waals surface area contributed by atoms with E-state index in [9.17, 15) is 14.4 Å². The molecule has 1 aromatic rings. The monoisotopic (exact) mass is 316 g/mol. The van der Waals surface area contributed by atoms with Crippen molar-refractivity contribution < 1.29 is 14.4 Å². The van der Waals surface area contributed by atoms with Gasteiger partial charge in [0.25, 0.3) is 0 Å². The van der Waals surface area contributed by atoms with Gasteiger partial charge in [0.15, 0.2) is 5.78 Å². The summed E-state index contributed by atoms with van der Waals surface area (Å²) in [6.07, 6.45) is 0.0186. The zero-order valence-electron chi connectivity index (χ0n) is 13.4. The van der Waals surface area contributed by atoms with Gasteiger partial charge >= 0.3 is 0 Å². The van der Waals surface area contributed by atoms with E-state index in [1.54, 1.807) is 24.3 Å². The van der Waals surface area contributed by atoms with E-state index in [1.807, 2.05) is 27.7 Å². The maximum atomic E-state index is 12.7. The number of fused-ring (bicyclic) bond motifs is 1. The van der Waals surface area contributed by atoms with Crippen LogP contribution in [-0.4, -0.2) is 23.1 Å². The summed E-state index contributed by atoms with van der Waals surface area (Å²) in [7, 11) is 0. The Bertz CT molecular complexity index is 678. The fourth-order valence-electron chi connectivity index (χ4n) is 2.29. The number of allylic oxidation sites excluding steroid dienone is 2. The Morgan fingerprint density at radius 3 is 2.09 bits per heavy atom. The summed E-state index contributed by atoms with van der Waals surface area (Å²) >= 11 is 1.35. The molecule has 116 valence electrons. The fraction of sp³-hybridized carbons (Fsp3) is 0.389. The molecule has 0 radical (unpaired) electrons. The van der Waals surface area contributed by atoms with Crippen LogP contribution in [0.1, 0.15) is 54.8 Å². The minimum atomic E-state index is -0.532. The Morgan fingerprint density at radius 2 is 1.59 bits per heavy atom. The summed E-state index contributed by atoms with van der Waals surface area (Å²) in [5.74, 6) is 0.323. The molecule has 0 spiro atoms. The highest BCUT2D eigenvalue weighted by molar-refractivity contribution is 8.04. The third kappa shape index (κ3) is 3.07. The lowest BCUT2D eigenvalue weighted by Gasteiger charge is -2.23. The number of carbonyl (C=O) groups excluding carboxylic acids is 3. The number of ketones is 3. The molecule has 0 N–H and O–H groups in total. The molecule has 0 unspecified atom stereocenters. The van der Waals surface area contributed by atoms with Crippen molar-refractivity contribution in [2.75, 3.05) is 5.75 Å². The highest BCUT2D eigenvalue weighted by Crippen LogP contribution is 2.35. The van der Waals surface area contributed by atoms with Gasteiger partial charge in [-0.25, -0.2) is 0 Å². The number of thioether (sulfide) groups is 1. The Morgan fingerprint density at radius 1 is 1.05 bits per heavy atom. The number of hydrogen-bond acceptors (Lipinski definition) is 4. The van der Waals surface area contributed by atoms with Gasteiger partial charge in [-0.3, -0.25) is 14.4 Å². The topological polar surface area (TPSA) is 51.2 Å². The summed E-state index contributed by atoms with van der Waals surface area (Å²) in [5.41, 5.74) is 0.672. The molecule has 1 aromatic carbocycles. The Hall–Kier alpha value is -1.68. The van der Waals surface area contributed by atoms with Gasteiger partial charge in [-0.2, -0.15) is 0 Å². The van der Waals surface area contributed by atoms with Gasteiger partial charge in [0, 0.05) is 28.5 Å². The van der Waals surface area contributed by atoms with Crippen LogP contribution in [0.5, 0.6) is 0 Å².